The van der Waals surface area contributed by atoms with Crippen molar-refractivity contribution in [3.8, 4) is 0 Å². The number of carboxylic acid groups (broad SMARTS) is 1. The molecule has 0 amide bonds. The molecule has 0 bridgehead atoms. The summed E-state index contributed by atoms with van der Waals surface area (Å²) in [6.07, 6.45) is 2.09. The Morgan fingerprint density at radius 1 is 1.59 bits per heavy atom. The highest BCUT2D eigenvalue weighted by molar-refractivity contribution is 5.73. The van der Waals surface area contributed by atoms with E-state index in [1.807, 2.05) is 20.8 Å². The van der Waals surface area contributed by atoms with E-state index >= 15 is 0 Å². The molecular formula is C11H20N4O2. The van der Waals surface area contributed by atoms with Crippen molar-refractivity contribution in [1.82, 2.24) is 20.1 Å². The summed E-state index contributed by atoms with van der Waals surface area (Å²) in [7, 11) is 0. The Labute approximate surface area is 101 Å². The third-order valence-corrected chi connectivity index (χ3v) is 2.51. The number of nitrogens with zero attached hydrogens (tertiary/aromatic N) is 3. The summed E-state index contributed by atoms with van der Waals surface area (Å²) >= 11 is 0. The van der Waals surface area contributed by atoms with Gasteiger partial charge in [-0.25, -0.2) is 9.67 Å². The maximum absolute atomic E-state index is 11.0. The predicted octanol–water partition coefficient (Wildman–Crippen LogP) is 0.887. The van der Waals surface area contributed by atoms with Crippen LogP contribution in [0.4, 0.5) is 0 Å². The number of aromatic nitrogens is 3. The molecule has 6 nitrogen and oxygen atoms in total. The minimum atomic E-state index is -0.818. The molecule has 96 valence electrons. The lowest BCUT2D eigenvalue weighted by atomic mass is 10.0. The lowest BCUT2D eigenvalue weighted by molar-refractivity contribution is -0.140. The average molecular weight is 240 g/mol. The first-order chi connectivity index (χ1) is 8.04. The molecule has 0 aliphatic rings. The van der Waals surface area contributed by atoms with Gasteiger partial charge in [-0.15, -0.1) is 0 Å². The van der Waals surface area contributed by atoms with Crippen molar-refractivity contribution in [3.05, 3.63) is 12.2 Å². The Kier molecular flexibility index (Phi) is 5.09. The molecule has 0 fully saturated rings. The van der Waals surface area contributed by atoms with Gasteiger partial charge in [0, 0.05) is 6.54 Å². The van der Waals surface area contributed by atoms with Crippen molar-refractivity contribution >= 4 is 5.97 Å². The number of carboxylic acids is 1. The molecule has 1 aromatic heterocycles. The van der Waals surface area contributed by atoms with E-state index in [1.165, 1.54) is 6.33 Å². The molecule has 1 heterocycles. The minimum Gasteiger partial charge on any atom is -0.480 e. The normalized spacial score (nSPS) is 12.9. The second kappa shape index (κ2) is 6.34. The molecule has 1 aromatic rings. The van der Waals surface area contributed by atoms with Crippen molar-refractivity contribution < 1.29 is 9.90 Å². The van der Waals surface area contributed by atoms with Crippen LogP contribution >= 0.6 is 0 Å². The maximum atomic E-state index is 11.0. The van der Waals surface area contributed by atoms with Gasteiger partial charge in [0.25, 0.3) is 0 Å². The Morgan fingerprint density at radius 2 is 2.29 bits per heavy atom. The zero-order valence-electron chi connectivity index (χ0n) is 10.6. The van der Waals surface area contributed by atoms with Crippen molar-refractivity contribution in [1.29, 1.82) is 0 Å². The summed E-state index contributed by atoms with van der Waals surface area (Å²) in [4.78, 5) is 15.1. The van der Waals surface area contributed by atoms with Gasteiger partial charge >= 0.3 is 5.97 Å². The molecular weight excluding hydrogens is 220 g/mol. The molecule has 0 aromatic carbocycles. The van der Waals surface area contributed by atoms with Crippen LogP contribution in [0.1, 0.15) is 33.0 Å². The molecule has 0 aliphatic carbocycles. The molecule has 0 aliphatic heterocycles. The highest BCUT2D eigenvalue weighted by Gasteiger charge is 2.18. The number of aliphatic carboxylic acids is 1. The lowest BCUT2D eigenvalue weighted by Crippen LogP contribution is -2.38. The van der Waals surface area contributed by atoms with Crippen molar-refractivity contribution in [2.24, 2.45) is 5.92 Å². The van der Waals surface area contributed by atoms with Crippen LogP contribution in [0.2, 0.25) is 0 Å². The van der Waals surface area contributed by atoms with Gasteiger partial charge in [0.15, 0.2) is 0 Å². The van der Waals surface area contributed by atoms with Gasteiger partial charge in [0.05, 0.1) is 6.54 Å². The fourth-order valence-corrected chi connectivity index (χ4v) is 1.65. The number of hydrogen-bond acceptors (Lipinski definition) is 4. The number of nitrogens with one attached hydrogen (secondary N) is 1. The Bertz CT molecular complexity index is 362. The third-order valence-electron chi connectivity index (χ3n) is 2.51. The quantitative estimate of drug-likeness (QED) is 0.739. The van der Waals surface area contributed by atoms with Gasteiger partial charge in [0.1, 0.15) is 18.2 Å². The van der Waals surface area contributed by atoms with Crippen LogP contribution in [0.25, 0.3) is 0 Å². The largest absolute Gasteiger partial charge is 0.480 e. The molecule has 6 heteroatoms. The number of carbonyl (C=O) groups is 1. The van der Waals surface area contributed by atoms with E-state index in [2.05, 4.69) is 15.4 Å². The van der Waals surface area contributed by atoms with Crippen LogP contribution < -0.4 is 5.32 Å². The van der Waals surface area contributed by atoms with E-state index in [-0.39, 0.29) is 0 Å². The monoisotopic (exact) mass is 240 g/mol. The molecule has 2 N–H and O–H groups in total. The van der Waals surface area contributed by atoms with Gasteiger partial charge < -0.3 is 5.11 Å². The molecule has 1 atom stereocenters. The first kappa shape index (κ1) is 13.6. The standard InChI is InChI=1S/C11H20N4O2/c1-4-15-10(13-7-14-15)6-12-9(11(16)17)5-8(2)3/h7-9,12H,4-6H2,1-3H3,(H,16,17). The number of rotatable bonds is 7. The molecule has 1 rings (SSSR count). The molecule has 0 saturated carbocycles. The molecule has 1 unspecified atom stereocenters. The van der Waals surface area contributed by atoms with Gasteiger partial charge in [-0.1, -0.05) is 13.8 Å². The van der Waals surface area contributed by atoms with Gasteiger partial charge in [-0.05, 0) is 19.3 Å². The Morgan fingerprint density at radius 3 is 2.82 bits per heavy atom. The summed E-state index contributed by atoms with van der Waals surface area (Å²) in [5, 5.41) is 16.1. The molecule has 0 saturated heterocycles. The SMILES string of the molecule is CCn1ncnc1CNC(CC(C)C)C(=O)O. The molecule has 0 radical (unpaired) electrons. The summed E-state index contributed by atoms with van der Waals surface area (Å²) < 4.78 is 1.75. The predicted molar refractivity (Wildman–Crippen MR) is 63.4 cm³/mol. The molecule has 17 heavy (non-hydrogen) atoms. The number of hydrogen-bond donors (Lipinski definition) is 2. The highest BCUT2D eigenvalue weighted by Crippen LogP contribution is 2.05. The van der Waals surface area contributed by atoms with Gasteiger partial charge in [-0.3, -0.25) is 10.1 Å². The number of aryl methyl sites for hydroxylation is 1. The van der Waals surface area contributed by atoms with Crippen molar-refractivity contribution in [2.45, 2.75) is 46.3 Å². The summed E-state index contributed by atoms with van der Waals surface area (Å²) in [6.45, 7) is 7.15. The van der Waals surface area contributed by atoms with Crippen LogP contribution in [0.3, 0.4) is 0 Å². The fraction of sp³-hybridized carbons (Fsp3) is 0.727. The lowest BCUT2D eigenvalue weighted by Gasteiger charge is -2.16. The van der Waals surface area contributed by atoms with E-state index in [4.69, 9.17) is 5.11 Å². The van der Waals surface area contributed by atoms with E-state index in [9.17, 15) is 4.79 Å². The summed E-state index contributed by atoms with van der Waals surface area (Å²) in [5.74, 6) is 0.288. The minimum absolute atomic E-state index is 0.340. The first-order valence-electron chi connectivity index (χ1n) is 5.87. The van der Waals surface area contributed by atoms with Gasteiger partial charge in [0.2, 0.25) is 0 Å². The second-order valence-corrected chi connectivity index (χ2v) is 4.39. The first-order valence-corrected chi connectivity index (χ1v) is 5.87. The van der Waals surface area contributed by atoms with Gasteiger partial charge in [-0.2, -0.15) is 5.10 Å². The zero-order chi connectivity index (χ0) is 12.8. The van der Waals surface area contributed by atoms with Crippen molar-refractivity contribution in [3.63, 3.8) is 0 Å². The Hall–Kier alpha value is -1.43. The van der Waals surface area contributed by atoms with Crippen molar-refractivity contribution in [2.75, 3.05) is 0 Å². The van der Waals surface area contributed by atoms with Crippen LogP contribution in [0.5, 0.6) is 0 Å². The smallest absolute Gasteiger partial charge is 0.320 e. The fourth-order valence-electron chi connectivity index (χ4n) is 1.65. The zero-order valence-corrected chi connectivity index (χ0v) is 10.6. The molecule has 0 spiro atoms. The average Bonchev–Trinajstić information content (AvgIpc) is 2.70. The van der Waals surface area contributed by atoms with Crippen LogP contribution in [-0.2, 0) is 17.9 Å². The second-order valence-electron chi connectivity index (χ2n) is 4.39. The van der Waals surface area contributed by atoms with Crippen LogP contribution in [0.15, 0.2) is 6.33 Å². The van der Waals surface area contributed by atoms with Crippen LogP contribution in [0, 0.1) is 5.92 Å². The third kappa shape index (κ3) is 4.14. The van der Waals surface area contributed by atoms with E-state index < -0.39 is 12.0 Å². The van der Waals surface area contributed by atoms with E-state index in [1.54, 1.807) is 4.68 Å². The van der Waals surface area contributed by atoms with E-state index in [0.29, 0.717) is 18.9 Å². The summed E-state index contributed by atoms with van der Waals surface area (Å²) in [6, 6.07) is -0.531. The highest BCUT2D eigenvalue weighted by atomic mass is 16.4. The summed E-state index contributed by atoms with van der Waals surface area (Å²) in [5.41, 5.74) is 0. The topological polar surface area (TPSA) is 80.0 Å². The van der Waals surface area contributed by atoms with Crippen LogP contribution in [-0.4, -0.2) is 31.9 Å². The maximum Gasteiger partial charge on any atom is 0.320 e. The van der Waals surface area contributed by atoms with E-state index in [0.717, 1.165) is 12.4 Å². The Balaban J connectivity index is 2.54.